The normalized spacial score (nSPS) is 11.5. The standard InChI is InChI=1S/C14H16N4O2S/c1-9-7-10(2)16-14(15-9)21-8-13(19)18-17-11(3)12-5-4-6-20-12/h4-7H,8H2,1-3H3,(H,18,19)/b17-11-. The van der Waals surface area contributed by atoms with Crippen LogP contribution in [0.3, 0.4) is 0 Å². The summed E-state index contributed by atoms with van der Waals surface area (Å²) >= 11 is 1.28. The highest BCUT2D eigenvalue weighted by molar-refractivity contribution is 7.99. The Bertz CT molecular complexity index is 633. The van der Waals surface area contributed by atoms with Crippen LogP contribution in [0.1, 0.15) is 24.1 Å². The lowest BCUT2D eigenvalue weighted by molar-refractivity contribution is -0.118. The van der Waals surface area contributed by atoms with Gasteiger partial charge in [0.2, 0.25) is 0 Å². The van der Waals surface area contributed by atoms with Crippen LogP contribution < -0.4 is 5.43 Å². The van der Waals surface area contributed by atoms with Crippen molar-refractivity contribution >= 4 is 23.4 Å². The molecule has 0 aromatic carbocycles. The zero-order valence-electron chi connectivity index (χ0n) is 12.1. The molecule has 1 amide bonds. The molecule has 7 heteroatoms. The lowest BCUT2D eigenvalue weighted by Gasteiger charge is -2.03. The van der Waals surface area contributed by atoms with Crippen LogP contribution in [0, 0.1) is 13.8 Å². The van der Waals surface area contributed by atoms with Gasteiger partial charge in [-0.25, -0.2) is 15.4 Å². The zero-order valence-corrected chi connectivity index (χ0v) is 12.9. The van der Waals surface area contributed by atoms with Crippen molar-refractivity contribution in [2.75, 3.05) is 5.75 Å². The summed E-state index contributed by atoms with van der Waals surface area (Å²) in [6, 6.07) is 5.44. The fraction of sp³-hybridized carbons (Fsp3) is 0.286. The van der Waals surface area contributed by atoms with E-state index in [2.05, 4.69) is 20.5 Å². The van der Waals surface area contributed by atoms with Gasteiger partial charge >= 0.3 is 0 Å². The molecule has 0 saturated carbocycles. The fourth-order valence-electron chi connectivity index (χ4n) is 1.61. The molecule has 2 aromatic rings. The van der Waals surface area contributed by atoms with E-state index in [0.717, 1.165) is 11.4 Å². The van der Waals surface area contributed by atoms with Crippen LogP contribution in [0.4, 0.5) is 0 Å². The molecule has 0 radical (unpaired) electrons. The van der Waals surface area contributed by atoms with Crippen molar-refractivity contribution in [2.45, 2.75) is 25.9 Å². The maximum Gasteiger partial charge on any atom is 0.250 e. The molecule has 6 nitrogen and oxygen atoms in total. The van der Waals surface area contributed by atoms with Crippen molar-refractivity contribution in [3.05, 3.63) is 41.6 Å². The van der Waals surface area contributed by atoms with E-state index in [1.165, 1.54) is 11.8 Å². The first-order valence-corrected chi connectivity index (χ1v) is 7.35. The van der Waals surface area contributed by atoms with Gasteiger partial charge in [-0.1, -0.05) is 11.8 Å². The van der Waals surface area contributed by atoms with Gasteiger partial charge in [0, 0.05) is 11.4 Å². The SMILES string of the molecule is C/C(=N/NC(=O)CSc1nc(C)cc(C)n1)c1ccco1. The molecule has 0 aliphatic rings. The van der Waals surface area contributed by atoms with E-state index in [1.54, 1.807) is 25.3 Å². The second-order valence-electron chi connectivity index (χ2n) is 4.43. The number of amides is 1. The summed E-state index contributed by atoms with van der Waals surface area (Å²) < 4.78 is 5.18. The lowest BCUT2D eigenvalue weighted by Crippen LogP contribution is -2.21. The molecule has 0 atom stereocenters. The molecule has 1 N–H and O–H groups in total. The second-order valence-corrected chi connectivity index (χ2v) is 5.37. The Balaban J connectivity index is 1.86. The Hall–Kier alpha value is -2.15. The molecule has 2 aromatic heterocycles. The number of aryl methyl sites for hydroxylation is 2. The summed E-state index contributed by atoms with van der Waals surface area (Å²) in [7, 11) is 0. The first kappa shape index (κ1) is 15.2. The second kappa shape index (κ2) is 7.03. The maximum absolute atomic E-state index is 11.7. The zero-order chi connectivity index (χ0) is 15.2. The molecule has 0 aliphatic carbocycles. The van der Waals surface area contributed by atoms with Gasteiger partial charge in [0.05, 0.1) is 12.0 Å². The van der Waals surface area contributed by atoms with Crippen LogP contribution in [-0.2, 0) is 4.79 Å². The average molecular weight is 304 g/mol. The Morgan fingerprint density at radius 1 is 1.38 bits per heavy atom. The predicted molar refractivity (Wildman–Crippen MR) is 81.3 cm³/mol. The van der Waals surface area contributed by atoms with Crippen molar-refractivity contribution in [1.29, 1.82) is 0 Å². The molecule has 0 spiro atoms. The number of rotatable bonds is 5. The summed E-state index contributed by atoms with van der Waals surface area (Å²) in [6.07, 6.45) is 1.56. The molecule has 0 fully saturated rings. The van der Waals surface area contributed by atoms with Gasteiger partial charge in [-0.2, -0.15) is 5.10 Å². The minimum atomic E-state index is -0.214. The summed E-state index contributed by atoms with van der Waals surface area (Å²) in [5.41, 5.74) is 4.87. The highest BCUT2D eigenvalue weighted by atomic mass is 32.2. The molecule has 2 heterocycles. The maximum atomic E-state index is 11.7. The van der Waals surface area contributed by atoms with Crippen LogP contribution in [0.5, 0.6) is 0 Å². The molecule has 110 valence electrons. The predicted octanol–water partition coefficient (Wildman–Crippen LogP) is 2.32. The number of nitrogens with zero attached hydrogens (tertiary/aromatic N) is 3. The van der Waals surface area contributed by atoms with E-state index in [4.69, 9.17) is 4.42 Å². The quantitative estimate of drug-likeness (QED) is 0.397. The molecule has 21 heavy (non-hydrogen) atoms. The summed E-state index contributed by atoms with van der Waals surface area (Å²) in [5.74, 6) is 0.618. The third-order valence-corrected chi connectivity index (χ3v) is 3.37. The van der Waals surface area contributed by atoms with E-state index >= 15 is 0 Å². The third-order valence-electron chi connectivity index (χ3n) is 2.52. The van der Waals surface area contributed by atoms with Crippen LogP contribution in [0.15, 0.2) is 39.1 Å². The summed E-state index contributed by atoms with van der Waals surface area (Å²) in [4.78, 5) is 20.3. The van der Waals surface area contributed by atoms with E-state index in [9.17, 15) is 4.79 Å². The molecule has 0 unspecified atom stereocenters. The van der Waals surface area contributed by atoms with Gasteiger partial charge in [0.15, 0.2) is 5.16 Å². The van der Waals surface area contributed by atoms with Crippen LogP contribution in [-0.4, -0.2) is 27.3 Å². The number of aromatic nitrogens is 2. The Morgan fingerprint density at radius 3 is 2.71 bits per heavy atom. The van der Waals surface area contributed by atoms with Crippen LogP contribution in [0.25, 0.3) is 0 Å². The summed E-state index contributed by atoms with van der Waals surface area (Å²) in [5, 5.41) is 4.58. The first-order chi connectivity index (χ1) is 10.0. The number of thioether (sulfide) groups is 1. The lowest BCUT2D eigenvalue weighted by atomic mass is 10.3. The number of hydrogen-bond acceptors (Lipinski definition) is 6. The molecule has 0 bridgehead atoms. The van der Waals surface area contributed by atoms with Crippen molar-refractivity contribution in [1.82, 2.24) is 15.4 Å². The number of carbonyl (C=O) groups is 1. The molecule has 0 saturated heterocycles. The van der Waals surface area contributed by atoms with Gasteiger partial charge in [-0.3, -0.25) is 4.79 Å². The van der Waals surface area contributed by atoms with Crippen molar-refractivity contribution < 1.29 is 9.21 Å². The monoisotopic (exact) mass is 304 g/mol. The first-order valence-electron chi connectivity index (χ1n) is 6.36. The highest BCUT2D eigenvalue weighted by Gasteiger charge is 2.06. The Labute approximate surface area is 127 Å². The van der Waals surface area contributed by atoms with Gasteiger partial charge in [0.25, 0.3) is 5.91 Å². The number of carbonyl (C=O) groups excluding carboxylic acids is 1. The minimum absolute atomic E-state index is 0.206. The number of nitrogens with one attached hydrogen (secondary N) is 1. The average Bonchev–Trinajstić information content (AvgIpc) is 2.95. The van der Waals surface area contributed by atoms with E-state index in [-0.39, 0.29) is 11.7 Å². The van der Waals surface area contributed by atoms with Crippen LogP contribution in [0.2, 0.25) is 0 Å². The Morgan fingerprint density at radius 2 is 2.10 bits per heavy atom. The van der Waals surface area contributed by atoms with Gasteiger partial charge in [0.1, 0.15) is 11.5 Å². The van der Waals surface area contributed by atoms with E-state index < -0.39 is 0 Å². The highest BCUT2D eigenvalue weighted by Crippen LogP contribution is 2.13. The number of hydrazone groups is 1. The molecule has 2 rings (SSSR count). The van der Waals surface area contributed by atoms with Crippen molar-refractivity contribution in [2.24, 2.45) is 5.10 Å². The van der Waals surface area contributed by atoms with E-state index in [1.807, 2.05) is 19.9 Å². The Kier molecular flexibility index (Phi) is 5.10. The molecule has 0 aliphatic heterocycles. The third kappa shape index (κ3) is 4.71. The minimum Gasteiger partial charge on any atom is -0.463 e. The van der Waals surface area contributed by atoms with Crippen molar-refractivity contribution in [3.8, 4) is 0 Å². The van der Waals surface area contributed by atoms with Gasteiger partial charge < -0.3 is 4.42 Å². The smallest absolute Gasteiger partial charge is 0.250 e. The topological polar surface area (TPSA) is 80.4 Å². The fourth-order valence-corrected chi connectivity index (χ4v) is 2.35. The summed E-state index contributed by atoms with van der Waals surface area (Å²) in [6.45, 7) is 5.56. The number of furan rings is 1. The molecular weight excluding hydrogens is 288 g/mol. The van der Waals surface area contributed by atoms with Gasteiger partial charge in [-0.05, 0) is 39.0 Å². The molecular formula is C14H16N4O2S. The number of hydrogen-bond donors (Lipinski definition) is 1. The van der Waals surface area contributed by atoms with Crippen molar-refractivity contribution in [3.63, 3.8) is 0 Å². The van der Waals surface area contributed by atoms with Crippen LogP contribution >= 0.6 is 11.8 Å². The van der Waals surface area contributed by atoms with Gasteiger partial charge in [-0.15, -0.1) is 0 Å². The van der Waals surface area contributed by atoms with E-state index in [0.29, 0.717) is 16.6 Å². The largest absolute Gasteiger partial charge is 0.463 e.